The number of anilines is 2. The highest BCUT2D eigenvalue weighted by Crippen LogP contribution is 2.32. The Bertz CT molecular complexity index is 3650. The number of carbonyl (C=O) groups excluding carboxylic acids is 2. The van der Waals surface area contributed by atoms with Crippen molar-refractivity contribution in [2.75, 3.05) is 88.9 Å². The molecule has 2 aliphatic heterocycles. The van der Waals surface area contributed by atoms with E-state index in [0.29, 0.717) is 41.8 Å². The molecule has 12 rings (SSSR count). The van der Waals surface area contributed by atoms with Crippen LogP contribution in [0.4, 0.5) is 11.6 Å². The molecule has 0 unspecified atom stereocenters. The standard InChI is InChI=1S/C36H45N7O3.C34H41N7O2.C2H5BrO/c1-25(43-16-14-42(15-17-43)18-19-44)27-10-12-29(13-11-27)28-8-6-26(7-9-28)24-46-34-5-3-4-33(34)40-36(45)32-20-30(21-38-35(32)37)31-22-39-41(2)23-31;1-23(41-16-14-36-15-17-41)25-10-12-27(13-11-25)26-8-6-24(7-9-26)22-43-32-5-3-4-31(32)39-34(42)30-18-28(19-37-33(30)35)29-20-38-40(2)21-29;3-1-2-4/h6-13,20-23,25,33-34,44H,3-5,14-19,24H2,1-2H3,(H2,37,38)(H,40,45);6-13,18-21,23,31-32,36H,3-5,14-17,22H2,1-2H3,(H2,35,37)(H,39,42);4H,1-2H2/t25-,33+,34+;23-,31+,32+;/m11./s1. The molecule has 8 aromatic rings. The quantitative estimate of drug-likeness (QED) is 0.0331. The lowest BCUT2D eigenvalue weighted by Gasteiger charge is -2.38. The molecule has 2 amide bonds. The van der Waals surface area contributed by atoms with E-state index in [-0.39, 0.29) is 61.0 Å². The van der Waals surface area contributed by atoms with Gasteiger partial charge in [-0.15, -0.1) is 0 Å². The number of aliphatic hydroxyl groups excluding tert-OH is 2. The number of halogens is 1. The molecular formula is C72H91BrN14O6. The first-order chi connectivity index (χ1) is 45.2. The number of hydrogen-bond donors (Lipinski definition) is 7. The fourth-order valence-corrected chi connectivity index (χ4v) is 12.8. The number of aliphatic hydroxyl groups is 2. The Morgan fingerprint density at radius 1 is 0.559 bits per heavy atom. The minimum absolute atomic E-state index is 0.0514. The molecule has 6 heterocycles. The number of nitrogens with zero attached hydrogens (tertiary/aromatic N) is 9. The average molecular weight is 1330 g/mol. The van der Waals surface area contributed by atoms with Crippen LogP contribution in [0, 0.1) is 0 Å². The molecule has 4 aromatic heterocycles. The monoisotopic (exact) mass is 1330 g/mol. The lowest BCUT2D eigenvalue weighted by atomic mass is 9.99. The maximum absolute atomic E-state index is 13.3. The number of carbonyl (C=O) groups is 2. The van der Waals surface area contributed by atoms with Gasteiger partial charge in [0.15, 0.2) is 0 Å². The largest absolute Gasteiger partial charge is 0.396 e. The summed E-state index contributed by atoms with van der Waals surface area (Å²) in [6.45, 7) is 15.1. The molecule has 0 spiro atoms. The Labute approximate surface area is 555 Å². The van der Waals surface area contributed by atoms with Crippen LogP contribution in [-0.2, 0) is 36.8 Å². The topological polar surface area (TPSA) is 252 Å². The van der Waals surface area contributed by atoms with Gasteiger partial charge in [-0.1, -0.05) is 113 Å². The van der Waals surface area contributed by atoms with Crippen molar-refractivity contribution < 1.29 is 29.3 Å². The zero-order valence-corrected chi connectivity index (χ0v) is 55.6. The number of alkyl halides is 1. The number of ether oxygens (including phenoxy) is 2. The highest BCUT2D eigenvalue weighted by atomic mass is 79.9. The number of β-amino-alcohol motifs (C(OH)–C–C–N with tert-alkyl or cyclic N) is 1. The maximum Gasteiger partial charge on any atom is 0.255 e. The van der Waals surface area contributed by atoms with E-state index in [9.17, 15) is 14.7 Å². The number of piperazine rings is 2. The fraction of sp³-hybridized carbons (Fsp3) is 0.417. The summed E-state index contributed by atoms with van der Waals surface area (Å²) in [5, 5.41) is 35.9. The van der Waals surface area contributed by atoms with Crippen LogP contribution in [0.15, 0.2) is 146 Å². The van der Waals surface area contributed by atoms with E-state index in [1.54, 1.807) is 46.3 Å². The molecular weight excluding hydrogens is 1240 g/mol. The lowest BCUT2D eigenvalue weighted by Crippen LogP contribution is -2.47. The molecule has 21 heteroatoms. The van der Waals surface area contributed by atoms with Crippen molar-refractivity contribution in [3.05, 3.63) is 180 Å². The van der Waals surface area contributed by atoms with E-state index >= 15 is 0 Å². The van der Waals surface area contributed by atoms with Gasteiger partial charge in [0.2, 0.25) is 0 Å². The van der Waals surface area contributed by atoms with Gasteiger partial charge in [0.1, 0.15) is 11.6 Å². The van der Waals surface area contributed by atoms with Gasteiger partial charge in [0.05, 0.1) is 74.2 Å². The molecule has 0 radical (unpaired) electrons. The Morgan fingerprint density at radius 2 is 0.957 bits per heavy atom. The first kappa shape index (κ1) is 68.2. The Hall–Kier alpha value is -7.70. The Morgan fingerprint density at radius 3 is 1.33 bits per heavy atom. The van der Waals surface area contributed by atoms with E-state index < -0.39 is 0 Å². The van der Waals surface area contributed by atoms with Crippen LogP contribution in [0.1, 0.15) is 107 Å². The average Bonchev–Trinajstić information content (AvgIpc) is 2.10. The van der Waals surface area contributed by atoms with Crippen molar-refractivity contribution in [3.63, 3.8) is 0 Å². The summed E-state index contributed by atoms with van der Waals surface area (Å²) in [6.07, 6.45) is 16.0. The first-order valence-corrected chi connectivity index (χ1v) is 33.8. The third-order valence-corrected chi connectivity index (χ3v) is 18.7. The van der Waals surface area contributed by atoms with E-state index in [1.807, 2.05) is 26.5 Å². The molecule has 93 heavy (non-hydrogen) atoms. The summed E-state index contributed by atoms with van der Waals surface area (Å²) in [5.41, 5.74) is 25.9. The number of hydrogen-bond acceptors (Lipinski definition) is 16. The summed E-state index contributed by atoms with van der Waals surface area (Å²) in [7, 11) is 3.70. The van der Waals surface area contributed by atoms with Crippen LogP contribution < -0.4 is 27.4 Å². The number of aromatic nitrogens is 6. The molecule has 20 nitrogen and oxygen atoms in total. The Balaban J connectivity index is 0.000000193. The van der Waals surface area contributed by atoms with Gasteiger partial charge in [-0.05, 0) is 109 Å². The van der Waals surface area contributed by atoms with Crippen molar-refractivity contribution in [3.8, 4) is 44.5 Å². The van der Waals surface area contributed by atoms with Gasteiger partial charge in [0, 0.05) is 137 Å². The number of rotatable bonds is 21. The zero-order chi connectivity index (χ0) is 65.2. The molecule has 9 N–H and O–H groups in total. The van der Waals surface area contributed by atoms with Crippen molar-refractivity contribution in [1.29, 1.82) is 0 Å². The van der Waals surface area contributed by atoms with Gasteiger partial charge in [-0.3, -0.25) is 33.7 Å². The first-order valence-electron chi connectivity index (χ1n) is 32.7. The second-order valence-corrected chi connectivity index (χ2v) is 25.4. The number of pyridine rings is 2. The minimum Gasteiger partial charge on any atom is -0.396 e. The molecule has 2 aliphatic carbocycles. The smallest absolute Gasteiger partial charge is 0.255 e. The number of nitrogen functional groups attached to an aromatic ring is 2. The highest BCUT2D eigenvalue weighted by molar-refractivity contribution is 9.09. The van der Waals surface area contributed by atoms with Crippen LogP contribution in [0.5, 0.6) is 0 Å². The van der Waals surface area contributed by atoms with Gasteiger partial charge < -0.3 is 47.1 Å². The van der Waals surface area contributed by atoms with Crippen molar-refractivity contribution in [1.82, 2.24) is 60.2 Å². The number of benzene rings is 4. The third-order valence-electron chi connectivity index (χ3n) is 18.4. The normalized spacial score (nSPS) is 19.2. The van der Waals surface area contributed by atoms with E-state index in [4.69, 9.17) is 26.0 Å². The second kappa shape index (κ2) is 33.4. The molecule has 2 saturated heterocycles. The van der Waals surface area contributed by atoms with E-state index in [0.717, 1.165) is 131 Å². The van der Waals surface area contributed by atoms with Crippen molar-refractivity contribution in [2.45, 2.75) is 102 Å². The predicted molar refractivity (Wildman–Crippen MR) is 370 cm³/mol. The zero-order valence-electron chi connectivity index (χ0n) is 54.0. The molecule has 492 valence electrons. The maximum atomic E-state index is 13.3. The van der Waals surface area contributed by atoms with Gasteiger partial charge in [0.25, 0.3) is 11.8 Å². The molecule has 0 bridgehead atoms. The number of aryl methyl sites for hydroxylation is 2. The van der Waals surface area contributed by atoms with Crippen molar-refractivity contribution in [2.24, 2.45) is 14.1 Å². The third kappa shape index (κ3) is 18.4. The highest BCUT2D eigenvalue weighted by Gasteiger charge is 2.32. The number of nitrogens with two attached hydrogens (primary N) is 2. The predicted octanol–water partition coefficient (Wildman–Crippen LogP) is 9.21. The summed E-state index contributed by atoms with van der Waals surface area (Å²) >= 11 is 3.00. The lowest BCUT2D eigenvalue weighted by molar-refractivity contribution is 0.0272. The molecule has 4 aromatic carbocycles. The molecule has 6 atom stereocenters. The van der Waals surface area contributed by atoms with Crippen molar-refractivity contribution >= 4 is 39.4 Å². The molecule has 4 fully saturated rings. The molecule has 4 aliphatic rings. The fourth-order valence-electron chi connectivity index (χ4n) is 12.8. The summed E-state index contributed by atoms with van der Waals surface area (Å²) in [4.78, 5) is 42.4. The van der Waals surface area contributed by atoms with Crippen LogP contribution in [0.2, 0.25) is 0 Å². The SMILES string of the molecule is C[C@H](c1ccc(-c2ccc(CO[C@H]3CCC[C@@H]3NC(=O)c3cc(-c4cnn(C)c4)cnc3N)cc2)cc1)N1CCN(CCO)CC1.C[C@H](c1ccc(-c2ccc(CO[C@H]3CCC[C@@H]3NC(=O)c3cc(-c4cnn(C)c4)cnc3N)cc2)cc1)N1CCNCC1.OCCBr. The minimum atomic E-state index is -0.235. The van der Waals surface area contributed by atoms with Gasteiger partial charge >= 0.3 is 0 Å². The van der Waals surface area contributed by atoms with Crippen LogP contribution in [0.3, 0.4) is 0 Å². The van der Waals surface area contributed by atoms with Crippen LogP contribution in [0.25, 0.3) is 44.5 Å². The van der Waals surface area contributed by atoms with Gasteiger partial charge in [-0.25, -0.2) is 9.97 Å². The number of nitrogens with one attached hydrogen (secondary N) is 3. The number of amides is 2. The van der Waals surface area contributed by atoms with Crippen LogP contribution >= 0.6 is 15.9 Å². The van der Waals surface area contributed by atoms with Gasteiger partial charge in [-0.2, -0.15) is 10.2 Å². The van der Waals surface area contributed by atoms with Crippen LogP contribution in [-0.4, -0.2) is 168 Å². The van der Waals surface area contributed by atoms with E-state index in [1.165, 1.54) is 33.4 Å². The summed E-state index contributed by atoms with van der Waals surface area (Å²) < 4.78 is 16.1. The second-order valence-electron chi connectivity index (χ2n) is 24.6. The van der Waals surface area contributed by atoms with E-state index in [2.05, 4.69) is 178 Å². The Kier molecular flexibility index (Phi) is 24.5. The summed E-state index contributed by atoms with van der Waals surface area (Å²) in [6, 6.07) is 39.2. The molecule has 2 saturated carbocycles. The summed E-state index contributed by atoms with van der Waals surface area (Å²) in [5.74, 6) is -0.0434.